The predicted octanol–water partition coefficient (Wildman–Crippen LogP) is 3.05. The number of aliphatic hydroxyl groups is 1. The summed E-state index contributed by atoms with van der Waals surface area (Å²) in [6.07, 6.45) is 2.72. The zero-order valence-corrected chi connectivity index (χ0v) is 11.0. The number of nitrogens with zero attached hydrogens (tertiary/aromatic N) is 1. The minimum absolute atomic E-state index is 0.354. The van der Waals surface area contributed by atoms with Crippen molar-refractivity contribution in [2.24, 2.45) is 0 Å². The van der Waals surface area contributed by atoms with Crippen molar-refractivity contribution >= 4 is 27.3 Å². The number of hydrogen-bond acceptors (Lipinski definition) is 3. The van der Waals surface area contributed by atoms with Gasteiger partial charge in [-0.3, -0.25) is 0 Å². The maximum atomic E-state index is 9.90. The summed E-state index contributed by atoms with van der Waals surface area (Å²) in [5, 5.41) is 12.8. The lowest BCUT2D eigenvalue weighted by atomic mass is 10.1. The van der Waals surface area contributed by atoms with E-state index >= 15 is 0 Å². The first kappa shape index (κ1) is 11.8. The third-order valence-corrected chi connectivity index (χ3v) is 3.61. The molecule has 0 aliphatic rings. The van der Waals surface area contributed by atoms with Gasteiger partial charge in [0.15, 0.2) is 0 Å². The van der Waals surface area contributed by atoms with Crippen LogP contribution in [0.5, 0.6) is 0 Å². The second-order valence-corrected chi connectivity index (χ2v) is 5.51. The highest BCUT2D eigenvalue weighted by atomic mass is 79.9. The van der Waals surface area contributed by atoms with Gasteiger partial charge in [-0.2, -0.15) is 0 Å². The highest BCUT2D eigenvalue weighted by Gasteiger charge is 2.08. The average molecular weight is 298 g/mol. The van der Waals surface area contributed by atoms with E-state index in [2.05, 4.69) is 20.9 Å². The van der Waals surface area contributed by atoms with E-state index in [9.17, 15) is 5.11 Å². The van der Waals surface area contributed by atoms with Crippen LogP contribution in [0.15, 0.2) is 40.3 Å². The van der Waals surface area contributed by atoms with Crippen LogP contribution in [0, 0.1) is 0 Å². The standard InChI is InChI=1S/C12H12BrNOS/c13-10-3-1-9(2-4-10)7-11(15)8-12-14-5-6-16-12/h1-6,11,15H,7-8H2. The lowest BCUT2D eigenvalue weighted by Crippen LogP contribution is -2.13. The molecule has 4 heteroatoms. The molecule has 0 saturated carbocycles. The predicted molar refractivity (Wildman–Crippen MR) is 69.7 cm³/mol. The van der Waals surface area contributed by atoms with Crippen LogP contribution in [-0.2, 0) is 12.8 Å². The van der Waals surface area contributed by atoms with Crippen LogP contribution in [-0.4, -0.2) is 16.2 Å². The molecule has 84 valence electrons. The van der Waals surface area contributed by atoms with E-state index in [0.717, 1.165) is 15.0 Å². The molecular formula is C12H12BrNOS. The van der Waals surface area contributed by atoms with Crippen LogP contribution in [0.2, 0.25) is 0 Å². The van der Waals surface area contributed by atoms with Crippen molar-refractivity contribution in [1.29, 1.82) is 0 Å². The maximum absolute atomic E-state index is 9.90. The first-order chi connectivity index (χ1) is 7.74. The van der Waals surface area contributed by atoms with Gasteiger partial charge >= 0.3 is 0 Å². The third kappa shape index (κ3) is 3.40. The first-order valence-corrected chi connectivity index (χ1v) is 6.72. The molecule has 0 saturated heterocycles. The van der Waals surface area contributed by atoms with Crippen LogP contribution < -0.4 is 0 Å². The number of thiazole rings is 1. The monoisotopic (exact) mass is 297 g/mol. The SMILES string of the molecule is OC(Cc1ccc(Br)cc1)Cc1nccs1. The lowest BCUT2D eigenvalue weighted by molar-refractivity contribution is 0.175. The Morgan fingerprint density at radius 3 is 2.62 bits per heavy atom. The van der Waals surface area contributed by atoms with Crippen molar-refractivity contribution in [2.75, 3.05) is 0 Å². The summed E-state index contributed by atoms with van der Waals surface area (Å²) in [5.41, 5.74) is 1.15. The van der Waals surface area contributed by atoms with Crippen LogP contribution in [0.1, 0.15) is 10.6 Å². The smallest absolute Gasteiger partial charge is 0.0950 e. The fourth-order valence-electron chi connectivity index (χ4n) is 1.52. The van der Waals surface area contributed by atoms with E-state index < -0.39 is 0 Å². The Morgan fingerprint density at radius 1 is 1.25 bits per heavy atom. The van der Waals surface area contributed by atoms with E-state index in [-0.39, 0.29) is 6.10 Å². The van der Waals surface area contributed by atoms with Gasteiger partial charge in [-0.25, -0.2) is 4.98 Å². The third-order valence-electron chi connectivity index (χ3n) is 2.28. The summed E-state index contributed by atoms with van der Waals surface area (Å²) >= 11 is 4.98. The van der Waals surface area contributed by atoms with E-state index in [1.165, 1.54) is 0 Å². The van der Waals surface area contributed by atoms with Crippen molar-refractivity contribution in [3.63, 3.8) is 0 Å². The van der Waals surface area contributed by atoms with Gasteiger partial charge in [-0.1, -0.05) is 28.1 Å². The topological polar surface area (TPSA) is 33.1 Å². The summed E-state index contributed by atoms with van der Waals surface area (Å²) in [4.78, 5) is 4.16. The number of aromatic nitrogens is 1. The Hall–Kier alpha value is -0.710. The summed E-state index contributed by atoms with van der Waals surface area (Å²) in [7, 11) is 0. The van der Waals surface area contributed by atoms with Gasteiger partial charge in [0.1, 0.15) is 0 Å². The summed E-state index contributed by atoms with van der Waals surface area (Å²) in [6.45, 7) is 0. The second kappa shape index (κ2) is 5.57. The van der Waals surface area contributed by atoms with E-state index in [1.807, 2.05) is 29.6 Å². The minimum Gasteiger partial charge on any atom is -0.392 e. The van der Waals surface area contributed by atoms with Gasteiger partial charge in [0.05, 0.1) is 11.1 Å². The molecular weight excluding hydrogens is 286 g/mol. The van der Waals surface area contributed by atoms with E-state index in [4.69, 9.17) is 0 Å². The molecule has 16 heavy (non-hydrogen) atoms. The maximum Gasteiger partial charge on any atom is 0.0950 e. The number of hydrogen-bond donors (Lipinski definition) is 1. The van der Waals surface area contributed by atoms with E-state index in [0.29, 0.717) is 12.8 Å². The van der Waals surface area contributed by atoms with Crippen molar-refractivity contribution < 1.29 is 5.11 Å². The highest BCUT2D eigenvalue weighted by molar-refractivity contribution is 9.10. The molecule has 0 fully saturated rings. The molecule has 2 rings (SSSR count). The molecule has 0 aliphatic heterocycles. The van der Waals surface area contributed by atoms with E-state index in [1.54, 1.807) is 17.5 Å². The molecule has 0 aliphatic carbocycles. The van der Waals surface area contributed by atoms with Crippen LogP contribution in [0.3, 0.4) is 0 Å². The minimum atomic E-state index is -0.354. The van der Waals surface area contributed by atoms with Crippen molar-refractivity contribution in [1.82, 2.24) is 4.98 Å². The highest BCUT2D eigenvalue weighted by Crippen LogP contribution is 2.14. The molecule has 1 atom stereocenters. The molecule has 0 amide bonds. The Morgan fingerprint density at radius 2 is 2.00 bits per heavy atom. The Balaban J connectivity index is 1.92. The van der Waals surface area contributed by atoms with Crippen LogP contribution >= 0.6 is 27.3 Å². The number of benzene rings is 1. The van der Waals surface area contributed by atoms with Crippen LogP contribution in [0.4, 0.5) is 0 Å². The fraction of sp³-hybridized carbons (Fsp3) is 0.250. The van der Waals surface area contributed by atoms with Gasteiger partial charge in [-0.15, -0.1) is 11.3 Å². The Labute approximate surface area is 107 Å². The van der Waals surface area contributed by atoms with Gasteiger partial charge < -0.3 is 5.11 Å². The van der Waals surface area contributed by atoms with Gasteiger partial charge in [-0.05, 0) is 24.1 Å². The van der Waals surface area contributed by atoms with Crippen molar-refractivity contribution in [2.45, 2.75) is 18.9 Å². The summed E-state index contributed by atoms with van der Waals surface area (Å²) in [5.74, 6) is 0. The molecule has 0 spiro atoms. The van der Waals surface area contributed by atoms with Gasteiger partial charge in [0, 0.05) is 22.5 Å². The lowest BCUT2D eigenvalue weighted by Gasteiger charge is -2.08. The molecule has 1 heterocycles. The summed E-state index contributed by atoms with van der Waals surface area (Å²) in [6, 6.07) is 8.03. The number of aliphatic hydroxyl groups excluding tert-OH is 1. The fourth-order valence-corrected chi connectivity index (χ4v) is 2.47. The summed E-state index contributed by atoms with van der Waals surface area (Å²) < 4.78 is 1.06. The Kier molecular flexibility index (Phi) is 4.09. The molecule has 2 nitrogen and oxygen atoms in total. The first-order valence-electron chi connectivity index (χ1n) is 5.05. The largest absolute Gasteiger partial charge is 0.392 e. The molecule has 1 aromatic carbocycles. The number of halogens is 1. The Bertz CT molecular complexity index is 427. The van der Waals surface area contributed by atoms with Crippen molar-refractivity contribution in [3.05, 3.63) is 50.9 Å². The number of rotatable bonds is 4. The van der Waals surface area contributed by atoms with Gasteiger partial charge in [0.2, 0.25) is 0 Å². The zero-order valence-electron chi connectivity index (χ0n) is 8.64. The quantitative estimate of drug-likeness (QED) is 0.941. The van der Waals surface area contributed by atoms with Gasteiger partial charge in [0.25, 0.3) is 0 Å². The molecule has 2 aromatic rings. The normalized spacial score (nSPS) is 12.6. The zero-order chi connectivity index (χ0) is 11.4. The molecule has 1 unspecified atom stereocenters. The average Bonchev–Trinajstić information content (AvgIpc) is 2.74. The second-order valence-electron chi connectivity index (χ2n) is 3.61. The molecule has 0 radical (unpaired) electrons. The van der Waals surface area contributed by atoms with Crippen molar-refractivity contribution in [3.8, 4) is 0 Å². The molecule has 1 N–H and O–H groups in total. The van der Waals surface area contributed by atoms with Crippen LogP contribution in [0.25, 0.3) is 0 Å². The molecule has 1 aromatic heterocycles. The molecule has 0 bridgehead atoms.